The number of anilines is 2. The number of methoxy groups -OCH3 is 1. The third-order valence-electron chi connectivity index (χ3n) is 9.53. The number of hydrogen-bond acceptors (Lipinski definition) is 11. The molecule has 6 N–H and O–H groups in total. The number of carbonyl (C=O) groups excluding carboxylic acids is 2. The summed E-state index contributed by atoms with van der Waals surface area (Å²) < 4.78 is 17.8. The van der Waals surface area contributed by atoms with Crippen LogP contribution < -0.4 is 26.0 Å². The second kappa shape index (κ2) is 15.3. The highest BCUT2D eigenvalue weighted by Crippen LogP contribution is 2.47. The van der Waals surface area contributed by atoms with E-state index in [1.54, 1.807) is 14.2 Å². The van der Waals surface area contributed by atoms with Gasteiger partial charge in [-0.2, -0.15) is 4.98 Å². The van der Waals surface area contributed by atoms with Crippen molar-refractivity contribution in [1.29, 1.82) is 0 Å². The number of nitrogens with one attached hydrogen (secondary N) is 2. The summed E-state index contributed by atoms with van der Waals surface area (Å²) in [6.45, 7) is 6.11. The largest absolute Gasteiger partial charge is 0.473 e. The Morgan fingerprint density at radius 1 is 1.19 bits per heavy atom. The van der Waals surface area contributed by atoms with Crippen molar-refractivity contribution in [1.82, 2.24) is 15.3 Å². The number of ether oxygens (including phenoxy) is 3. The van der Waals surface area contributed by atoms with Crippen LogP contribution in [0.4, 0.5) is 11.5 Å². The number of aromatic nitrogens is 2. The Balaban J connectivity index is 0.00000506. The van der Waals surface area contributed by atoms with Gasteiger partial charge in [0.2, 0.25) is 17.5 Å². The Hall–Kier alpha value is -2.80. The Morgan fingerprint density at radius 3 is 2.56 bits per heavy atom. The van der Waals surface area contributed by atoms with Crippen molar-refractivity contribution in [2.45, 2.75) is 89.9 Å². The van der Waals surface area contributed by atoms with Crippen molar-refractivity contribution in [3.05, 3.63) is 17.1 Å². The number of carbonyl (C=O) groups is 2. The first-order chi connectivity index (χ1) is 20.2. The summed E-state index contributed by atoms with van der Waals surface area (Å²) in [6.07, 6.45) is 6.43. The molecule has 0 amide bonds. The molecule has 4 rings (SSSR count). The predicted molar refractivity (Wildman–Crippen MR) is 167 cm³/mol. The zero-order valence-corrected chi connectivity index (χ0v) is 26.8. The summed E-state index contributed by atoms with van der Waals surface area (Å²) in [7, 11) is 7.38. The molecule has 0 bridgehead atoms. The number of nitrogens with zero attached hydrogens (tertiary/aromatic N) is 3. The van der Waals surface area contributed by atoms with Crippen LogP contribution in [0.25, 0.3) is 0 Å². The van der Waals surface area contributed by atoms with Crippen LogP contribution in [0.3, 0.4) is 0 Å². The molecule has 0 unspecified atom stereocenters. The molecule has 1 saturated heterocycles. The van der Waals surface area contributed by atoms with Gasteiger partial charge in [-0.05, 0) is 64.8 Å². The second-order valence-electron chi connectivity index (χ2n) is 12.2. The molecule has 3 aliphatic rings. The Bertz CT molecular complexity index is 1160. The summed E-state index contributed by atoms with van der Waals surface area (Å²) in [5, 5.41) is 6.40. The van der Waals surface area contributed by atoms with E-state index in [0.29, 0.717) is 67.6 Å². The van der Waals surface area contributed by atoms with Gasteiger partial charge in [-0.3, -0.25) is 9.59 Å². The fourth-order valence-corrected chi connectivity index (χ4v) is 6.62. The van der Waals surface area contributed by atoms with E-state index in [1.165, 1.54) is 0 Å². The van der Waals surface area contributed by atoms with E-state index in [2.05, 4.69) is 17.6 Å². The van der Waals surface area contributed by atoms with E-state index < -0.39 is 5.41 Å². The number of likely N-dealkylation sites (N-methyl/N-ethyl adjacent to an activating group) is 2. The average Bonchev–Trinajstić information content (AvgIpc) is 3.53. The van der Waals surface area contributed by atoms with Gasteiger partial charge in [0.25, 0.3) is 0 Å². The number of Topliss-reactive ketones (excluding diaryl/α,β-unsaturated/α-hetero) is 2. The quantitative estimate of drug-likeness (QED) is 0.283. The van der Waals surface area contributed by atoms with Gasteiger partial charge in [0, 0.05) is 52.0 Å². The van der Waals surface area contributed by atoms with Gasteiger partial charge in [-0.1, -0.05) is 13.3 Å². The normalized spacial score (nSPS) is 24.3. The first-order valence-electron chi connectivity index (χ1n) is 15.5. The number of nitrogens with two attached hydrogens (primary N) is 1. The molecule has 1 aromatic heterocycles. The molecule has 242 valence electrons. The molecule has 12 heteroatoms. The van der Waals surface area contributed by atoms with Gasteiger partial charge in [0.1, 0.15) is 17.6 Å². The molecule has 43 heavy (non-hydrogen) atoms. The highest BCUT2D eigenvalue weighted by atomic mass is 16.5. The van der Waals surface area contributed by atoms with Crippen LogP contribution in [0.1, 0.15) is 82.3 Å². The minimum Gasteiger partial charge on any atom is -0.473 e. The lowest BCUT2D eigenvalue weighted by Crippen LogP contribution is -2.42. The smallest absolute Gasteiger partial charge is 0.243 e. The van der Waals surface area contributed by atoms with E-state index >= 15 is 0 Å². The van der Waals surface area contributed by atoms with Crippen LogP contribution in [-0.4, -0.2) is 93.3 Å². The lowest BCUT2D eigenvalue weighted by atomic mass is 9.64. The third kappa shape index (κ3) is 7.30. The van der Waals surface area contributed by atoms with Crippen LogP contribution >= 0.6 is 0 Å². The van der Waals surface area contributed by atoms with E-state index in [4.69, 9.17) is 29.9 Å². The molecular formula is C31H52N6O6. The second-order valence-corrected chi connectivity index (χ2v) is 12.2. The zero-order valence-electron chi connectivity index (χ0n) is 26.8. The van der Waals surface area contributed by atoms with Gasteiger partial charge in [-0.15, -0.1) is 0 Å². The predicted octanol–water partition coefficient (Wildman–Crippen LogP) is 2.66. The fraction of sp³-hybridized carbons (Fsp3) is 0.742. The van der Waals surface area contributed by atoms with Crippen LogP contribution in [0, 0.1) is 11.3 Å². The molecular weight excluding hydrogens is 552 g/mol. The standard InChI is InChI=1S/C31H50N6O5.H2O/c1-19(16-22(40-6)17-33-3)20(2)42-30-25(34-4)29(37(5)21-12-15-41-18-21)35-28(36-30)26(39)23-10-9-14-31(27(23)32)13-8-7-11-24(31)38;/h19-22,33-34H,7-18,32H2,1-6H3;1H2/t19-,20-,21+,22-,31+;/m0./s1. The fourth-order valence-electron chi connectivity index (χ4n) is 6.62. The van der Waals surface area contributed by atoms with Gasteiger partial charge in [0.05, 0.1) is 24.2 Å². The van der Waals surface area contributed by atoms with Crippen LogP contribution in [0.5, 0.6) is 5.88 Å². The molecule has 2 aliphatic carbocycles. The van der Waals surface area contributed by atoms with Gasteiger partial charge in [-0.25, -0.2) is 4.98 Å². The number of hydrogen-bond donors (Lipinski definition) is 3. The maximum atomic E-state index is 14.1. The van der Waals surface area contributed by atoms with Crippen molar-refractivity contribution < 1.29 is 29.3 Å². The Kier molecular flexibility index (Phi) is 12.3. The topological polar surface area (TPSA) is 172 Å². The first kappa shape index (κ1) is 34.7. The van der Waals surface area contributed by atoms with Gasteiger partial charge in [0.15, 0.2) is 5.82 Å². The highest BCUT2D eigenvalue weighted by Gasteiger charge is 2.46. The molecule has 2 fully saturated rings. The van der Waals surface area contributed by atoms with Crippen molar-refractivity contribution in [2.24, 2.45) is 17.1 Å². The summed E-state index contributed by atoms with van der Waals surface area (Å²) in [6, 6.07) is 0.102. The van der Waals surface area contributed by atoms with Crippen molar-refractivity contribution in [3.8, 4) is 5.88 Å². The van der Waals surface area contributed by atoms with Gasteiger partial charge < -0.3 is 41.0 Å². The number of ketones is 2. The van der Waals surface area contributed by atoms with Crippen LogP contribution in [0.2, 0.25) is 0 Å². The molecule has 1 aliphatic heterocycles. The Labute approximate surface area is 255 Å². The van der Waals surface area contributed by atoms with E-state index in [9.17, 15) is 9.59 Å². The van der Waals surface area contributed by atoms with Crippen LogP contribution in [-0.2, 0) is 14.3 Å². The molecule has 1 saturated carbocycles. The third-order valence-corrected chi connectivity index (χ3v) is 9.53. The Morgan fingerprint density at radius 2 is 1.93 bits per heavy atom. The van der Waals surface area contributed by atoms with Crippen molar-refractivity contribution in [3.63, 3.8) is 0 Å². The number of allylic oxidation sites excluding steroid dienone is 2. The van der Waals surface area contributed by atoms with Crippen molar-refractivity contribution in [2.75, 3.05) is 58.2 Å². The summed E-state index contributed by atoms with van der Waals surface area (Å²) >= 11 is 0. The maximum Gasteiger partial charge on any atom is 0.243 e. The molecule has 1 aromatic rings. The van der Waals surface area contributed by atoms with E-state index in [-0.39, 0.29) is 47.0 Å². The summed E-state index contributed by atoms with van der Waals surface area (Å²) in [5.74, 6) is 0.891. The molecule has 0 aromatic carbocycles. The minimum absolute atomic E-state index is 0. The van der Waals surface area contributed by atoms with E-state index in [0.717, 1.165) is 38.6 Å². The molecule has 12 nitrogen and oxygen atoms in total. The average molecular weight is 605 g/mol. The van der Waals surface area contributed by atoms with E-state index in [1.807, 2.05) is 25.9 Å². The van der Waals surface area contributed by atoms with Crippen molar-refractivity contribution >= 4 is 23.1 Å². The number of rotatable bonds is 13. The lowest BCUT2D eigenvalue weighted by molar-refractivity contribution is -0.129. The SMILES string of the molecule is CNC[C@H](C[C@H](C)[C@H](C)Oc1nc(C(=O)C2=C(N)[C@]3(CCCCC3=O)CCC2)nc(N(C)[C@@H]2CCOC2)c1NC)OC.O. The molecule has 5 atom stereocenters. The molecule has 1 spiro atoms. The maximum absolute atomic E-state index is 14.1. The lowest BCUT2D eigenvalue weighted by Gasteiger charge is -2.40. The molecule has 0 radical (unpaired) electrons. The van der Waals surface area contributed by atoms with Crippen LogP contribution in [0.15, 0.2) is 11.3 Å². The summed E-state index contributed by atoms with van der Waals surface area (Å²) in [5.41, 5.74) is 7.47. The highest BCUT2D eigenvalue weighted by molar-refractivity contribution is 6.08. The minimum atomic E-state index is -0.734. The van der Waals surface area contributed by atoms with Gasteiger partial charge >= 0.3 is 0 Å². The monoisotopic (exact) mass is 604 g/mol. The summed E-state index contributed by atoms with van der Waals surface area (Å²) in [4.78, 5) is 38.8. The zero-order chi connectivity index (χ0) is 30.4. The first-order valence-corrected chi connectivity index (χ1v) is 15.5. The molecule has 2 heterocycles.